The molecule has 0 fully saturated rings. The number of carbonyl (C=O) groups is 1. The predicted molar refractivity (Wildman–Crippen MR) is 65.1 cm³/mol. The third-order valence-electron chi connectivity index (χ3n) is 2.00. The molecule has 16 heavy (non-hydrogen) atoms. The van der Waals surface area contributed by atoms with Crippen molar-refractivity contribution in [1.82, 2.24) is 10.6 Å². The van der Waals surface area contributed by atoms with E-state index < -0.39 is 0 Å². The number of amides is 1. The summed E-state index contributed by atoms with van der Waals surface area (Å²) in [5.74, 6) is -0.000511. The highest BCUT2D eigenvalue weighted by Gasteiger charge is 2.17. The number of hydrogen-bond acceptors (Lipinski definition) is 4. The Morgan fingerprint density at radius 2 is 2.06 bits per heavy atom. The lowest BCUT2D eigenvalue weighted by Crippen LogP contribution is -2.46. The van der Waals surface area contributed by atoms with Crippen molar-refractivity contribution in [3.8, 4) is 0 Å². The molecule has 0 saturated heterocycles. The van der Waals surface area contributed by atoms with E-state index in [0.717, 1.165) is 0 Å². The minimum Gasteiger partial charge on any atom is -0.396 e. The van der Waals surface area contributed by atoms with E-state index in [1.165, 1.54) is 0 Å². The lowest BCUT2D eigenvalue weighted by atomic mass is 10.1. The van der Waals surface area contributed by atoms with Gasteiger partial charge in [0.2, 0.25) is 5.91 Å². The van der Waals surface area contributed by atoms with Gasteiger partial charge < -0.3 is 21.5 Å². The quantitative estimate of drug-likeness (QED) is 0.449. The van der Waals surface area contributed by atoms with Crippen molar-refractivity contribution in [2.75, 3.05) is 19.7 Å². The number of aliphatic hydroxyl groups excluding tert-OH is 1. The number of hydrogen-bond donors (Lipinski definition) is 4. The largest absolute Gasteiger partial charge is 0.396 e. The number of rotatable bonds is 7. The Morgan fingerprint density at radius 1 is 1.44 bits per heavy atom. The molecule has 0 radical (unpaired) electrons. The van der Waals surface area contributed by atoms with E-state index >= 15 is 0 Å². The van der Waals surface area contributed by atoms with Crippen LogP contribution in [-0.2, 0) is 4.79 Å². The average molecular weight is 231 g/mol. The molecule has 1 unspecified atom stereocenters. The summed E-state index contributed by atoms with van der Waals surface area (Å²) >= 11 is 0. The lowest BCUT2D eigenvalue weighted by Gasteiger charge is -2.23. The molecule has 5 heteroatoms. The van der Waals surface area contributed by atoms with Crippen molar-refractivity contribution < 1.29 is 9.90 Å². The molecule has 0 heterocycles. The highest BCUT2D eigenvalue weighted by Crippen LogP contribution is 2.00. The zero-order valence-electron chi connectivity index (χ0n) is 10.5. The van der Waals surface area contributed by atoms with Crippen LogP contribution in [0.2, 0.25) is 0 Å². The van der Waals surface area contributed by atoms with E-state index in [4.69, 9.17) is 10.8 Å². The highest BCUT2D eigenvalue weighted by molar-refractivity contribution is 5.77. The van der Waals surface area contributed by atoms with Crippen LogP contribution in [-0.4, -0.2) is 42.3 Å². The smallest absolute Gasteiger partial charge is 0.222 e. The average Bonchev–Trinajstić information content (AvgIpc) is 2.13. The summed E-state index contributed by atoms with van der Waals surface area (Å²) in [5, 5.41) is 14.7. The second-order valence-electron chi connectivity index (χ2n) is 4.97. The van der Waals surface area contributed by atoms with Gasteiger partial charge in [-0.1, -0.05) is 0 Å². The Bertz CT molecular complexity index is 202. The Balaban J connectivity index is 3.88. The van der Waals surface area contributed by atoms with Crippen LogP contribution in [0.5, 0.6) is 0 Å². The highest BCUT2D eigenvalue weighted by atomic mass is 16.3. The topological polar surface area (TPSA) is 87.4 Å². The van der Waals surface area contributed by atoms with Gasteiger partial charge in [-0.25, -0.2) is 0 Å². The fourth-order valence-electron chi connectivity index (χ4n) is 1.32. The van der Waals surface area contributed by atoms with Crippen LogP contribution in [0.3, 0.4) is 0 Å². The number of nitrogens with one attached hydrogen (secondary N) is 2. The van der Waals surface area contributed by atoms with Crippen LogP contribution in [0.4, 0.5) is 0 Å². The van der Waals surface area contributed by atoms with Crippen LogP contribution >= 0.6 is 0 Å². The van der Waals surface area contributed by atoms with Gasteiger partial charge in [-0.05, 0) is 33.7 Å². The standard InChI is InChI=1S/C11H25N3O2/c1-11(2,3)14-10(16)7-9(8-12)13-5-4-6-15/h9,13,15H,4-8,12H2,1-3H3,(H,14,16). The summed E-state index contributed by atoms with van der Waals surface area (Å²) in [4.78, 5) is 11.6. The van der Waals surface area contributed by atoms with Gasteiger partial charge >= 0.3 is 0 Å². The van der Waals surface area contributed by atoms with Crippen molar-refractivity contribution in [3.05, 3.63) is 0 Å². The Labute approximate surface area is 97.8 Å². The van der Waals surface area contributed by atoms with E-state index in [0.29, 0.717) is 25.9 Å². The first-order valence-electron chi connectivity index (χ1n) is 5.74. The summed E-state index contributed by atoms with van der Waals surface area (Å²) in [6, 6.07) is -0.0195. The maximum absolute atomic E-state index is 11.6. The van der Waals surface area contributed by atoms with E-state index in [1.807, 2.05) is 20.8 Å². The molecule has 0 aromatic carbocycles. The SMILES string of the molecule is CC(C)(C)NC(=O)CC(CN)NCCCO. The van der Waals surface area contributed by atoms with Crippen LogP contribution < -0.4 is 16.4 Å². The molecular weight excluding hydrogens is 206 g/mol. The van der Waals surface area contributed by atoms with Gasteiger partial charge in [-0.15, -0.1) is 0 Å². The Morgan fingerprint density at radius 3 is 2.50 bits per heavy atom. The van der Waals surface area contributed by atoms with Gasteiger partial charge in [0.15, 0.2) is 0 Å². The summed E-state index contributed by atoms with van der Waals surface area (Å²) < 4.78 is 0. The van der Waals surface area contributed by atoms with Gasteiger partial charge in [-0.2, -0.15) is 0 Å². The van der Waals surface area contributed by atoms with Crippen LogP contribution in [0, 0.1) is 0 Å². The molecule has 96 valence electrons. The monoisotopic (exact) mass is 231 g/mol. The summed E-state index contributed by atoms with van der Waals surface area (Å²) in [6.45, 7) is 7.09. The van der Waals surface area contributed by atoms with E-state index in [1.54, 1.807) is 0 Å². The molecule has 0 aliphatic rings. The molecule has 0 aliphatic carbocycles. The maximum atomic E-state index is 11.6. The van der Waals surface area contributed by atoms with Crippen molar-refractivity contribution in [3.63, 3.8) is 0 Å². The molecular formula is C11H25N3O2. The van der Waals surface area contributed by atoms with Gasteiger partial charge in [-0.3, -0.25) is 4.79 Å². The molecule has 0 spiro atoms. The van der Waals surface area contributed by atoms with E-state index in [-0.39, 0.29) is 24.1 Å². The fraction of sp³-hybridized carbons (Fsp3) is 0.909. The molecule has 0 rings (SSSR count). The fourth-order valence-corrected chi connectivity index (χ4v) is 1.32. The van der Waals surface area contributed by atoms with Gasteiger partial charge in [0, 0.05) is 31.2 Å². The first-order chi connectivity index (χ1) is 7.39. The number of nitrogens with two attached hydrogens (primary N) is 1. The van der Waals surface area contributed by atoms with Crippen molar-refractivity contribution in [2.24, 2.45) is 5.73 Å². The van der Waals surface area contributed by atoms with Crippen molar-refractivity contribution >= 4 is 5.91 Å². The van der Waals surface area contributed by atoms with E-state index in [2.05, 4.69) is 10.6 Å². The summed E-state index contributed by atoms with van der Waals surface area (Å²) in [7, 11) is 0. The molecule has 0 bridgehead atoms. The van der Waals surface area contributed by atoms with Gasteiger partial charge in [0.25, 0.3) is 0 Å². The third kappa shape index (κ3) is 8.64. The normalized spacial score (nSPS) is 13.6. The molecule has 5 nitrogen and oxygen atoms in total. The second-order valence-corrected chi connectivity index (χ2v) is 4.97. The minimum atomic E-state index is -0.207. The first kappa shape index (κ1) is 15.3. The van der Waals surface area contributed by atoms with Crippen LogP contribution in [0.15, 0.2) is 0 Å². The zero-order valence-corrected chi connectivity index (χ0v) is 10.5. The Kier molecular flexibility index (Phi) is 7.29. The van der Waals surface area contributed by atoms with Crippen molar-refractivity contribution in [1.29, 1.82) is 0 Å². The van der Waals surface area contributed by atoms with Crippen molar-refractivity contribution in [2.45, 2.75) is 45.2 Å². The van der Waals surface area contributed by atoms with Gasteiger partial charge in [0.05, 0.1) is 0 Å². The molecule has 5 N–H and O–H groups in total. The van der Waals surface area contributed by atoms with E-state index in [9.17, 15) is 4.79 Å². The molecule has 0 aliphatic heterocycles. The lowest BCUT2D eigenvalue weighted by molar-refractivity contribution is -0.122. The molecule has 1 atom stereocenters. The second kappa shape index (κ2) is 7.60. The van der Waals surface area contributed by atoms with Crippen LogP contribution in [0.25, 0.3) is 0 Å². The zero-order chi connectivity index (χ0) is 12.6. The number of aliphatic hydroxyl groups is 1. The number of carbonyl (C=O) groups excluding carboxylic acids is 1. The molecule has 0 aromatic heterocycles. The third-order valence-corrected chi connectivity index (χ3v) is 2.00. The van der Waals surface area contributed by atoms with Gasteiger partial charge in [0.1, 0.15) is 0 Å². The molecule has 1 amide bonds. The molecule has 0 aromatic rings. The minimum absolute atomic E-state index is 0.000511. The van der Waals surface area contributed by atoms with Crippen LogP contribution in [0.1, 0.15) is 33.6 Å². The first-order valence-corrected chi connectivity index (χ1v) is 5.74. The molecule has 0 saturated carbocycles. The summed E-state index contributed by atoms with van der Waals surface area (Å²) in [5.41, 5.74) is 5.36. The predicted octanol–water partition coefficient (Wildman–Crippen LogP) is -0.409. The summed E-state index contributed by atoms with van der Waals surface area (Å²) in [6.07, 6.45) is 1.05. The Hall–Kier alpha value is -0.650. The maximum Gasteiger partial charge on any atom is 0.222 e.